The van der Waals surface area contributed by atoms with E-state index in [-0.39, 0.29) is 11.2 Å². The molecule has 0 fully saturated rings. The lowest BCUT2D eigenvalue weighted by molar-refractivity contribution is 0.104. The number of hydrogen-bond acceptors (Lipinski definition) is 2. The predicted octanol–water partition coefficient (Wildman–Crippen LogP) is 5.45. The molecule has 2 rings (SSSR count). The maximum atomic E-state index is 12.3. The highest BCUT2D eigenvalue weighted by atomic mass is 16.5. The molecule has 0 aliphatic carbocycles. The molecular formula is C22H24O2. The van der Waals surface area contributed by atoms with Crippen LogP contribution in [-0.4, -0.2) is 12.4 Å². The number of benzene rings is 2. The van der Waals surface area contributed by atoms with Gasteiger partial charge in [0.2, 0.25) is 0 Å². The Hall–Kier alpha value is -2.61. The summed E-state index contributed by atoms with van der Waals surface area (Å²) in [6.07, 6.45) is 5.14. The van der Waals surface area contributed by atoms with Gasteiger partial charge in [0.05, 0.1) is 0 Å². The van der Waals surface area contributed by atoms with Gasteiger partial charge in [0.1, 0.15) is 12.4 Å². The molecular weight excluding hydrogens is 296 g/mol. The molecule has 2 heteroatoms. The SMILES string of the molecule is C=CCOc1c(/C=C/C(=O)c2ccccc2)cccc1C(C)(C)C. The fourth-order valence-electron chi connectivity index (χ4n) is 2.44. The molecule has 0 amide bonds. The summed E-state index contributed by atoms with van der Waals surface area (Å²) in [5.74, 6) is 0.786. The van der Waals surface area contributed by atoms with Gasteiger partial charge < -0.3 is 4.74 Å². The van der Waals surface area contributed by atoms with Gasteiger partial charge in [0, 0.05) is 16.7 Å². The third-order valence-electron chi connectivity index (χ3n) is 3.67. The van der Waals surface area contributed by atoms with E-state index >= 15 is 0 Å². The van der Waals surface area contributed by atoms with Crippen LogP contribution < -0.4 is 4.74 Å². The molecule has 0 bridgehead atoms. The predicted molar refractivity (Wildman–Crippen MR) is 101 cm³/mol. The number of ketones is 1. The zero-order valence-corrected chi connectivity index (χ0v) is 14.6. The van der Waals surface area contributed by atoms with Crippen molar-refractivity contribution in [2.45, 2.75) is 26.2 Å². The van der Waals surface area contributed by atoms with Crippen molar-refractivity contribution >= 4 is 11.9 Å². The van der Waals surface area contributed by atoms with Crippen LogP contribution in [0.4, 0.5) is 0 Å². The number of carbonyl (C=O) groups is 1. The first-order valence-corrected chi connectivity index (χ1v) is 8.08. The summed E-state index contributed by atoms with van der Waals surface area (Å²) in [6, 6.07) is 15.3. The molecule has 0 heterocycles. The highest BCUT2D eigenvalue weighted by molar-refractivity contribution is 6.06. The van der Waals surface area contributed by atoms with Crippen LogP contribution in [0, 0.1) is 0 Å². The van der Waals surface area contributed by atoms with Crippen molar-refractivity contribution in [3.05, 3.63) is 84.0 Å². The molecule has 0 radical (unpaired) electrons. The zero-order valence-electron chi connectivity index (χ0n) is 14.6. The van der Waals surface area contributed by atoms with E-state index in [4.69, 9.17) is 4.74 Å². The van der Waals surface area contributed by atoms with Crippen LogP contribution in [0.5, 0.6) is 5.75 Å². The van der Waals surface area contributed by atoms with Gasteiger partial charge in [0.15, 0.2) is 5.78 Å². The Morgan fingerprint density at radius 1 is 1.08 bits per heavy atom. The van der Waals surface area contributed by atoms with E-state index in [1.807, 2.05) is 48.5 Å². The monoisotopic (exact) mass is 320 g/mol. The smallest absolute Gasteiger partial charge is 0.185 e. The fourth-order valence-corrected chi connectivity index (χ4v) is 2.44. The lowest BCUT2D eigenvalue weighted by Crippen LogP contribution is -2.14. The summed E-state index contributed by atoms with van der Waals surface area (Å²) in [4.78, 5) is 12.3. The molecule has 124 valence electrons. The Balaban J connectivity index is 2.37. The van der Waals surface area contributed by atoms with Crippen molar-refractivity contribution in [1.82, 2.24) is 0 Å². The van der Waals surface area contributed by atoms with Crippen LogP contribution >= 0.6 is 0 Å². The Morgan fingerprint density at radius 2 is 1.79 bits per heavy atom. The molecule has 0 atom stereocenters. The van der Waals surface area contributed by atoms with E-state index in [9.17, 15) is 4.79 Å². The first kappa shape index (κ1) is 17.7. The van der Waals surface area contributed by atoms with E-state index < -0.39 is 0 Å². The highest BCUT2D eigenvalue weighted by Gasteiger charge is 2.20. The minimum atomic E-state index is -0.0518. The number of hydrogen-bond donors (Lipinski definition) is 0. The molecule has 0 N–H and O–H groups in total. The number of rotatable bonds is 6. The van der Waals surface area contributed by atoms with Gasteiger partial charge in [-0.15, -0.1) is 0 Å². The zero-order chi connectivity index (χ0) is 17.6. The van der Waals surface area contributed by atoms with Gasteiger partial charge in [-0.2, -0.15) is 0 Å². The van der Waals surface area contributed by atoms with Crippen LogP contribution in [0.25, 0.3) is 6.08 Å². The lowest BCUT2D eigenvalue weighted by Gasteiger charge is -2.24. The minimum absolute atomic E-state index is 0.0218. The van der Waals surface area contributed by atoms with E-state index in [0.29, 0.717) is 12.2 Å². The molecule has 2 aromatic rings. The quantitative estimate of drug-likeness (QED) is 0.402. The van der Waals surface area contributed by atoms with Crippen molar-refractivity contribution in [3.63, 3.8) is 0 Å². The summed E-state index contributed by atoms with van der Waals surface area (Å²) >= 11 is 0. The lowest BCUT2D eigenvalue weighted by atomic mass is 9.85. The minimum Gasteiger partial charge on any atom is -0.489 e. The maximum Gasteiger partial charge on any atom is 0.185 e. The summed E-state index contributed by atoms with van der Waals surface area (Å²) in [5, 5.41) is 0. The average Bonchev–Trinajstić information content (AvgIpc) is 2.57. The first-order chi connectivity index (χ1) is 11.4. The average molecular weight is 320 g/mol. The van der Waals surface area contributed by atoms with Crippen LogP contribution in [-0.2, 0) is 5.41 Å². The fraction of sp³-hybridized carbons (Fsp3) is 0.227. The van der Waals surface area contributed by atoms with Crippen molar-refractivity contribution < 1.29 is 9.53 Å². The normalized spacial score (nSPS) is 11.5. The van der Waals surface area contributed by atoms with Crippen LogP contribution in [0.3, 0.4) is 0 Å². The van der Waals surface area contributed by atoms with Crippen molar-refractivity contribution in [1.29, 1.82) is 0 Å². The van der Waals surface area contributed by atoms with Crippen molar-refractivity contribution in [2.24, 2.45) is 0 Å². The van der Waals surface area contributed by atoms with Gasteiger partial charge >= 0.3 is 0 Å². The van der Waals surface area contributed by atoms with Crippen LogP contribution in [0.2, 0.25) is 0 Å². The topological polar surface area (TPSA) is 26.3 Å². The molecule has 0 saturated heterocycles. The Bertz CT molecular complexity index is 734. The van der Waals surface area contributed by atoms with Gasteiger partial charge in [0.25, 0.3) is 0 Å². The third kappa shape index (κ3) is 4.45. The third-order valence-corrected chi connectivity index (χ3v) is 3.67. The van der Waals surface area contributed by atoms with Gasteiger partial charge in [-0.1, -0.05) is 82.0 Å². The van der Waals surface area contributed by atoms with E-state index in [2.05, 4.69) is 33.4 Å². The maximum absolute atomic E-state index is 12.3. The van der Waals surface area contributed by atoms with E-state index in [0.717, 1.165) is 16.9 Å². The summed E-state index contributed by atoms with van der Waals surface area (Å²) in [5.41, 5.74) is 2.63. The Labute approximate surface area is 144 Å². The van der Waals surface area contributed by atoms with Gasteiger partial charge in [-0.25, -0.2) is 0 Å². The van der Waals surface area contributed by atoms with E-state index in [1.54, 1.807) is 12.2 Å². The Kier molecular flexibility index (Phi) is 5.75. The van der Waals surface area contributed by atoms with Gasteiger partial charge in [-0.05, 0) is 17.6 Å². The molecule has 0 unspecified atom stereocenters. The van der Waals surface area contributed by atoms with Crippen molar-refractivity contribution in [2.75, 3.05) is 6.61 Å². The van der Waals surface area contributed by atoms with Crippen LogP contribution in [0.15, 0.2) is 67.3 Å². The molecule has 0 spiro atoms. The molecule has 0 aromatic heterocycles. The standard InChI is InChI=1S/C22H24O2/c1-5-16-24-21-18(12-9-13-19(21)22(2,3)4)14-15-20(23)17-10-7-6-8-11-17/h5-15H,1,16H2,2-4H3/b15-14+. The second kappa shape index (κ2) is 7.78. The summed E-state index contributed by atoms with van der Waals surface area (Å²) in [6.45, 7) is 10.6. The number of ether oxygens (including phenoxy) is 1. The molecule has 0 saturated carbocycles. The second-order valence-corrected chi connectivity index (χ2v) is 6.64. The first-order valence-electron chi connectivity index (χ1n) is 8.08. The molecule has 2 nitrogen and oxygen atoms in total. The number of carbonyl (C=O) groups excluding carboxylic acids is 1. The van der Waals surface area contributed by atoms with Gasteiger partial charge in [-0.3, -0.25) is 4.79 Å². The summed E-state index contributed by atoms with van der Waals surface area (Å²) < 4.78 is 5.90. The van der Waals surface area contributed by atoms with Crippen LogP contribution in [0.1, 0.15) is 42.3 Å². The molecule has 0 aliphatic rings. The largest absolute Gasteiger partial charge is 0.489 e. The van der Waals surface area contributed by atoms with Crippen molar-refractivity contribution in [3.8, 4) is 5.75 Å². The Morgan fingerprint density at radius 3 is 2.42 bits per heavy atom. The molecule has 2 aromatic carbocycles. The second-order valence-electron chi connectivity index (χ2n) is 6.64. The number of allylic oxidation sites excluding steroid dienone is 1. The highest BCUT2D eigenvalue weighted by Crippen LogP contribution is 2.34. The molecule has 0 aliphatic heterocycles. The number of para-hydroxylation sites is 1. The summed E-state index contributed by atoms with van der Waals surface area (Å²) in [7, 11) is 0. The van der Waals surface area contributed by atoms with E-state index in [1.165, 1.54) is 0 Å². The molecule has 24 heavy (non-hydrogen) atoms.